The lowest BCUT2D eigenvalue weighted by Crippen LogP contribution is -2.15. The molecule has 2 N–H and O–H groups in total. The molecule has 0 aliphatic carbocycles. The molecule has 2 aromatic carbocycles. The minimum absolute atomic E-state index is 0.203. The van der Waals surface area contributed by atoms with E-state index in [9.17, 15) is 4.39 Å². The summed E-state index contributed by atoms with van der Waals surface area (Å²) in [5, 5.41) is 0. The van der Waals surface area contributed by atoms with Crippen LogP contribution < -0.4 is 5.73 Å². The van der Waals surface area contributed by atoms with Crippen LogP contribution >= 0.6 is 0 Å². The number of hydrogen-bond donors (Lipinski definition) is 1. The zero-order valence-electron chi connectivity index (χ0n) is 11.5. The van der Waals surface area contributed by atoms with Crippen molar-refractivity contribution in [2.45, 2.75) is 26.2 Å². The van der Waals surface area contributed by atoms with Crippen LogP contribution in [0.15, 0.2) is 42.5 Å². The van der Waals surface area contributed by atoms with Gasteiger partial charge in [0.2, 0.25) is 0 Å². The maximum atomic E-state index is 12.9. The Labute approximate surface area is 114 Å². The molecule has 19 heavy (non-hydrogen) atoms. The van der Waals surface area contributed by atoms with Crippen molar-refractivity contribution in [2.24, 2.45) is 5.73 Å². The van der Waals surface area contributed by atoms with Crippen LogP contribution in [0.5, 0.6) is 0 Å². The summed E-state index contributed by atoms with van der Waals surface area (Å²) in [7, 11) is 0. The van der Waals surface area contributed by atoms with Crippen LogP contribution in [0.3, 0.4) is 0 Å². The third kappa shape index (κ3) is 3.42. The lowest BCUT2D eigenvalue weighted by molar-refractivity contribution is 0.623. The SMILES string of the molecule is Cc1ccc(CC(CN)c2ccc(F)cc2)cc1C. The van der Waals surface area contributed by atoms with E-state index < -0.39 is 0 Å². The van der Waals surface area contributed by atoms with Gasteiger partial charge in [-0.25, -0.2) is 4.39 Å². The van der Waals surface area contributed by atoms with Gasteiger partial charge in [0.1, 0.15) is 5.82 Å². The minimum Gasteiger partial charge on any atom is -0.330 e. The van der Waals surface area contributed by atoms with Crippen molar-refractivity contribution in [2.75, 3.05) is 6.54 Å². The van der Waals surface area contributed by atoms with Crippen LogP contribution in [0.4, 0.5) is 4.39 Å². The molecule has 0 aliphatic heterocycles. The van der Waals surface area contributed by atoms with Crippen molar-refractivity contribution in [3.63, 3.8) is 0 Å². The van der Waals surface area contributed by atoms with Crippen LogP contribution in [0, 0.1) is 19.7 Å². The Kier molecular flexibility index (Phi) is 4.33. The molecule has 0 bridgehead atoms. The highest BCUT2D eigenvalue weighted by atomic mass is 19.1. The van der Waals surface area contributed by atoms with Gasteiger partial charge in [0.05, 0.1) is 0 Å². The van der Waals surface area contributed by atoms with Gasteiger partial charge in [-0.1, -0.05) is 30.3 Å². The quantitative estimate of drug-likeness (QED) is 0.887. The molecule has 0 aliphatic rings. The maximum absolute atomic E-state index is 12.9. The first-order valence-corrected chi connectivity index (χ1v) is 6.62. The molecule has 0 radical (unpaired) electrons. The number of nitrogens with two attached hydrogens (primary N) is 1. The number of halogens is 1. The molecule has 2 rings (SSSR count). The normalized spacial score (nSPS) is 12.4. The Morgan fingerprint density at radius 2 is 1.68 bits per heavy atom. The molecule has 1 atom stereocenters. The number of aryl methyl sites for hydroxylation is 2. The molecule has 1 nitrogen and oxygen atoms in total. The van der Waals surface area contributed by atoms with Crippen LogP contribution in [-0.4, -0.2) is 6.54 Å². The molecule has 0 aromatic heterocycles. The van der Waals surface area contributed by atoms with Gasteiger partial charge < -0.3 is 5.73 Å². The first-order chi connectivity index (χ1) is 9.10. The summed E-state index contributed by atoms with van der Waals surface area (Å²) in [6.07, 6.45) is 0.892. The highest BCUT2D eigenvalue weighted by Crippen LogP contribution is 2.21. The van der Waals surface area contributed by atoms with Gasteiger partial charge in [-0.05, 0) is 61.2 Å². The summed E-state index contributed by atoms with van der Waals surface area (Å²) in [6.45, 7) is 4.80. The second-order valence-corrected chi connectivity index (χ2v) is 5.11. The molecule has 2 aromatic rings. The second kappa shape index (κ2) is 5.98. The fourth-order valence-corrected chi connectivity index (χ4v) is 2.29. The molecule has 0 saturated carbocycles. The highest BCUT2D eigenvalue weighted by molar-refractivity contribution is 5.32. The van der Waals surface area contributed by atoms with Crippen LogP contribution in [0.2, 0.25) is 0 Å². The van der Waals surface area contributed by atoms with Gasteiger partial charge in [-0.3, -0.25) is 0 Å². The molecular weight excluding hydrogens is 237 g/mol. The molecule has 2 heteroatoms. The van der Waals surface area contributed by atoms with E-state index in [2.05, 4.69) is 32.0 Å². The molecular formula is C17H20FN. The summed E-state index contributed by atoms with van der Waals surface area (Å²) < 4.78 is 12.9. The van der Waals surface area contributed by atoms with E-state index in [-0.39, 0.29) is 11.7 Å². The summed E-state index contributed by atoms with van der Waals surface area (Å²) in [5.74, 6) is 0.0356. The van der Waals surface area contributed by atoms with Crippen molar-refractivity contribution in [1.29, 1.82) is 0 Å². The third-order valence-corrected chi connectivity index (χ3v) is 3.68. The third-order valence-electron chi connectivity index (χ3n) is 3.68. The van der Waals surface area contributed by atoms with Crippen LogP contribution in [-0.2, 0) is 6.42 Å². The fourth-order valence-electron chi connectivity index (χ4n) is 2.29. The Bertz CT molecular complexity index is 546. The minimum atomic E-state index is -0.203. The zero-order chi connectivity index (χ0) is 13.8. The predicted octanol–water partition coefficient (Wildman–Crippen LogP) is 3.73. The largest absolute Gasteiger partial charge is 0.330 e. The number of hydrogen-bond acceptors (Lipinski definition) is 1. The van der Waals surface area contributed by atoms with Crippen molar-refractivity contribution in [3.8, 4) is 0 Å². The predicted molar refractivity (Wildman–Crippen MR) is 77.8 cm³/mol. The summed E-state index contributed by atoms with van der Waals surface area (Å²) >= 11 is 0. The molecule has 0 spiro atoms. The van der Waals surface area contributed by atoms with Gasteiger partial charge in [0.25, 0.3) is 0 Å². The van der Waals surface area contributed by atoms with Crippen LogP contribution in [0.25, 0.3) is 0 Å². The number of rotatable bonds is 4. The van der Waals surface area contributed by atoms with Gasteiger partial charge in [0.15, 0.2) is 0 Å². The van der Waals surface area contributed by atoms with Gasteiger partial charge in [-0.15, -0.1) is 0 Å². The van der Waals surface area contributed by atoms with E-state index in [0.29, 0.717) is 6.54 Å². The lowest BCUT2D eigenvalue weighted by atomic mass is 9.91. The highest BCUT2D eigenvalue weighted by Gasteiger charge is 2.11. The summed E-state index contributed by atoms with van der Waals surface area (Å²) in [4.78, 5) is 0. The number of benzene rings is 2. The Morgan fingerprint density at radius 3 is 2.26 bits per heavy atom. The van der Waals surface area contributed by atoms with Crippen molar-refractivity contribution in [3.05, 3.63) is 70.5 Å². The Balaban J connectivity index is 2.18. The summed E-state index contributed by atoms with van der Waals surface area (Å²) in [5.41, 5.74) is 10.8. The summed E-state index contributed by atoms with van der Waals surface area (Å²) in [6, 6.07) is 13.2. The van der Waals surface area contributed by atoms with Gasteiger partial charge >= 0.3 is 0 Å². The molecule has 0 fully saturated rings. The van der Waals surface area contributed by atoms with Crippen LogP contribution in [0.1, 0.15) is 28.2 Å². The van der Waals surface area contributed by atoms with Crippen molar-refractivity contribution in [1.82, 2.24) is 0 Å². The average molecular weight is 257 g/mol. The van der Waals surface area contributed by atoms with Gasteiger partial charge in [-0.2, -0.15) is 0 Å². The van der Waals surface area contributed by atoms with Crippen molar-refractivity contribution >= 4 is 0 Å². The Morgan fingerprint density at radius 1 is 1.00 bits per heavy atom. The van der Waals surface area contributed by atoms with E-state index >= 15 is 0 Å². The molecule has 0 saturated heterocycles. The first-order valence-electron chi connectivity index (χ1n) is 6.62. The van der Waals surface area contributed by atoms with E-state index in [1.807, 2.05) is 12.1 Å². The zero-order valence-corrected chi connectivity index (χ0v) is 11.5. The molecule has 0 amide bonds. The Hall–Kier alpha value is -1.67. The molecule has 1 unspecified atom stereocenters. The van der Waals surface area contributed by atoms with Crippen molar-refractivity contribution < 1.29 is 4.39 Å². The van der Waals surface area contributed by atoms with E-state index in [4.69, 9.17) is 5.73 Å². The maximum Gasteiger partial charge on any atom is 0.123 e. The lowest BCUT2D eigenvalue weighted by Gasteiger charge is -2.16. The smallest absolute Gasteiger partial charge is 0.123 e. The standard InChI is InChI=1S/C17H20FN/c1-12-3-4-14(9-13(12)2)10-16(11-19)15-5-7-17(18)8-6-15/h3-9,16H,10-11,19H2,1-2H3. The first kappa shape index (κ1) is 13.8. The molecule has 100 valence electrons. The monoisotopic (exact) mass is 257 g/mol. The topological polar surface area (TPSA) is 26.0 Å². The molecule has 0 heterocycles. The van der Waals surface area contributed by atoms with E-state index in [1.54, 1.807) is 0 Å². The fraction of sp³-hybridized carbons (Fsp3) is 0.294. The van der Waals surface area contributed by atoms with Gasteiger partial charge in [0, 0.05) is 5.92 Å². The van der Waals surface area contributed by atoms with E-state index in [1.165, 1.54) is 28.8 Å². The average Bonchev–Trinajstić information content (AvgIpc) is 2.41. The second-order valence-electron chi connectivity index (χ2n) is 5.11. The van der Waals surface area contributed by atoms with E-state index in [0.717, 1.165) is 12.0 Å².